The van der Waals surface area contributed by atoms with E-state index in [1.807, 2.05) is 6.07 Å². The fourth-order valence-electron chi connectivity index (χ4n) is 2.90. The Balaban J connectivity index is 1.95. The topological polar surface area (TPSA) is 57.7 Å². The number of piperidine rings is 1. The van der Waals surface area contributed by atoms with Gasteiger partial charge in [0.15, 0.2) is 0 Å². The first-order valence-electron chi connectivity index (χ1n) is 7.19. The maximum atomic E-state index is 13.3. The highest BCUT2D eigenvalue weighted by molar-refractivity contribution is 5.59. The van der Waals surface area contributed by atoms with Gasteiger partial charge in [0.2, 0.25) is 0 Å². The van der Waals surface area contributed by atoms with Gasteiger partial charge in [-0.1, -0.05) is 0 Å². The molecular weight excluding hydrogens is 307 g/mol. The van der Waals surface area contributed by atoms with Gasteiger partial charge in [-0.05, 0) is 31.0 Å². The molecule has 23 heavy (non-hydrogen) atoms. The van der Waals surface area contributed by atoms with Gasteiger partial charge in [0.05, 0.1) is 28.9 Å². The van der Waals surface area contributed by atoms with Crippen LogP contribution in [0.2, 0.25) is 0 Å². The summed E-state index contributed by atoms with van der Waals surface area (Å²) in [6.07, 6.45) is 0.113. The molecule has 1 saturated heterocycles. The Kier molecular flexibility index (Phi) is 3.94. The number of nitriles is 1. The van der Waals surface area contributed by atoms with Crippen molar-refractivity contribution in [2.75, 3.05) is 18.0 Å². The molecule has 120 valence electrons. The first-order valence-corrected chi connectivity index (χ1v) is 7.19. The van der Waals surface area contributed by atoms with Crippen LogP contribution in [0, 0.1) is 11.3 Å². The smallest absolute Gasteiger partial charge is 0.369 e. The third-order valence-electron chi connectivity index (χ3n) is 3.98. The minimum atomic E-state index is -4.45. The first-order chi connectivity index (χ1) is 11.0. The zero-order valence-electron chi connectivity index (χ0n) is 12.2. The van der Waals surface area contributed by atoms with Crippen molar-refractivity contribution in [3.05, 3.63) is 42.0 Å². The summed E-state index contributed by atoms with van der Waals surface area (Å²) < 4.78 is 41.5. The van der Waals surface area contributed by atoms with Gasteiger partial charge in [0.1, 0.15) is 12.7 Å². The zero-order chi connectivity index (χ0) is 16.4. The molecule has 1 fully saturated rings. The normalized spacial score (nSPS) is 18.7. The molecule has 3 rings (SSSR count). The average molecular weight is 321 g/mol. The van der Waals surface area contributed by atoms with Crippen LogP contribution in [0.3, 0.4) is 0 Å². The van der Waals surface area contributed by atoms with E-state index in [0.29, 0.717) is 13.1 Å². The van der Waals surface area contributed by atoms with Crippen LogP contribution < -0.4 is 4.90 Å². The summed E-state index contributed by atoms with van der Waals surface area (Å²) in [5.41, 5.74) is -0.437. The Morgan fingerprint density at radius 2 is 2.13 bits per heavy atom. The Hall–Kier alpha value is -2.56. The van der Waals surface area contributed by atoms with Crippen molar-refractivity contribution in [3.8, 4) is 6.07 Å². The Bertz CT molecular complexity index is 718. The van der Waals surface area contributed by atoms with Gasteiger partial charge < -0.3 is 4.90 Å². The first kappa shape index (κ1) is 15.3. The van der Waals surface area contributed by atoms with E-state index in [1.165, 1.54) is 18.5 Å². The molecule has 0 saturated carbocycles. The second-order valence-electron chi connectivity index (χ2n) is 5.46. The summed E-state index contributed by atoms with van der Waals surface area (Å²) in [5.74, 6) is 0. The lowest BCUT2D eigenvalue weighted by Gasteiger charge is -2.35. The molecule has 2 aromatic rings. The van der Waals surface area contributed by atoms with E-state index < -0.39 is 11.7 Å². The van der Waals surface area contributed by atoms with Crippen molar-refractivity contribution in [2.24, 2.45) is 0 Å². The minimum absolute atomic E-state index is 0.0296. The summed E-state index contributed by atoms with van der Waals surface area (Å²) in [7, 11) is 0. The van der Waals surface area contributed by atoms with Crippen molar-refractivity contribution in [1.29, 1.82) is 5.26 Å². The molecule has 5 nitrogen and oxygen atoms in total. The highest BCUT2D eigenvalue weighted by Gasteiger charge is 2.36. The minimum Gasteiger partial charge on any atom is -0.369 e. The Labute approximate surface area is 131 Å². The largest absolute Gasteiger partial charge is 0.418 e. The molecule has 2 heterocycles. The highest BCUT2D eigenvalue weighted by Crippen LogP contribution is 2.38. The van der Waals surface area contributed by atoms with Gasteiger partial charge in [0.25, 0.3) is 0 Å². The van der Waals surface area contributed by atoms with Gasteiger partial charge in [0, 0.05) is 13.1 Å². The predicted octanol–water partition coefficient (Wildman–Crippen LogP) is 3.01. The van der Waals surface area contributed by atoms with Gasteiger partial charge in [-0.25, -0.2) is 9.67 Å². The quantitative estimate of drug-likeness (QED) is 0.853. The van der Waals surface area contributed by atoms with Crippen LogP contribution in [0.1, 0.15) is 30.0 Å². The standard InChI is InChI=1S/C15H14F3N5/c16-15(17,18)13-4-3-11(7-19)6-14(13)22-5-1-2-12(8-22)23-10-20-9-21-23/h3-4,6,9-10,12H,1-2,5,8H2/t12-/m1/s1. The van der Waals surface area contributed by atoms with Crippen LogP contribution in [-0.4, -0.2) is 27.9 Å². The molecule has 0 radical (unpaired) electrons. The second kappa shape index (κ2) is 5.91. The lowest BCUT2D eigenvalue weighted by atomic mass is 10.0. The van der Waals surface area contributed by atoms with E-state index in [1.54, 1.807) is 15.9 Å². The average Bonchev–Trinajstić information content (AvgIpc) is 3.08. The molecule has 8 heteroatoms. The lowest BCUT2D eigenvalue weighted by Crippen LogP contribution is -2.38. The number of rotatable bonds is 2. The van der Waals surface area contributed by atoms with Crippen LogP contribution in [0.5, 0.6) is 0 Å². The zero-order valence-corrected chi connectivity index (χ0v) is 12.2. The number of alkyl halides is 3. The third kappa shape index (κ3) is 3.13. The fraction of sp³-hybridized carbons (Fsp3) is 0.400. The predicted molar refractivity (Wildman–Crippen MR) is 76.7 cm³/mol. The van der Waals surface area contributed by atoms with Crippen molar-refractivity contribution in [1.82, 2.24) is 14.8 Å². The van der Waals surface area contributed by atoms with Gasteiger partial charge in [-0.15, -0.1) is 0 Å². The van der Waals surface area contributed by atoms with Crippen molar-refractivity contribution < 1.29 is 13.2 Å². The number of hydrogen-bond acceptors (Lipinski definition) is 4. The van der Waals surface area contributed by atoms with Crippen molar-refractivity contribution in [3.63, 3.8) is 0 Å². The highest BCUT2D eigenvalue weighted by atomic mass is 19.4. The van der Waals surface area contributed by atoms with E-state index in [9.17, 15) is 13.2 Å². The molecule has 1 aromatic carbocycles. The SMILES string of the molecule is N#Cc1ccc(C(F)(F)F)c(N2CCC[C@@H](n3cncn3)C2)c1. The molecule has 1 aliphatic heterocycles. The molecule has 1 aromatic heterocycles. The summed E-state index contributed by atoms with van der Waals surface area (Å²) in [4.78, 5) is 5.57. The van der Waals surface area contributed by atoms with Gasteiger partial charge in [-0.3, -0.25) is 0 Å². The maximum absolute atomic E-state index is 13.3. The number of anilines is 1. The Morgan fingerprint density at radius 1 is 1.30 bits per heavy atom. The van der Waals surface area contributed by atoms with E-state index in [2.05, 4.69) is 10.1 Å². The summed E-state index contributed by atoms with van der Waals surface area (Å²) in [6, 6.07) is 5.36. The van der Waals surface area contributed by atoms with Crippen molar-refractivity contribution in [2.45, 2.75) is 25.1 Å². The Morgan fingerprint density at radius 3 is 2.78 bits per heavy atom. The van der Waals surface area contributed by atoms with Crippen LogP contribution >= 0.6 is 0 Å². The lowest BCUT2D eigenvalue weighted by molar-refractivity contribution is -0.137. The second-order valence-corrected chi connectivity index (χ2v) is 5.46. The van der Waals surface area contributed by atoms with Gasteiger partial charge in [-0.2, -0.15) is 23.5 Å². The number of hydrogen-bond donors (Lipinski definition) is 0. The van der Waals surface area contributed by atoms with E-state index in [0.717, 1.165) is 18.9 Å². The molecule has 1 atom stereocenters. The summed E-state index contributed by atoms with van der Waals surface area (Å²) >= 11 is 0. The van der Waals surface area contributed by atoms with E-state index in [-0.39, 0.29) is 17.3 Å². The molecule has 0 N–H and O–H groups in total. The molecule has 0 unspecified atom stereocenters. The van der Waals surface area contributed by atoms with Gasteiger partial charge >= 0.3 is 6.18 Å². The number of halogens is 3. The number of benzene rings is 1. The van der Waals surface area contributed by atoms with Crippen LogP contribution in [0.25, 0.3) is 0 Å². The van der Waals surface area contributed by atoms with Crippen LogP contribution in [0.15, 0.2) is 30.9 Å². The van der Waals surface area contributed by atoms with Crippen molar-refractivity contribution >= 4 is 5.69 Å². The monoisotopic (exact) mass is 321 g/mol. The van der Waals surface area contributed by atoms with E-state index >= 15 is 0 Å². The van der Waals surface area contributed by atoms with E-state index in [4.69, 9.17) is 5.26 Å². The molecular formula is C15H14F3N5. The molecule has 0 spiro atoms. The molecule has 1 aliphatic rings. The maximum Gasteiger partial charge on any atom is 0.418 e. The summed E-state index contributed by atoms with van der Waals surface area (Å²) in [6.45, 7) is 0.921. The molecule has 0 amide bonds. The number of nitrogens with zero attached hydrogens (tertiary/aromatic N) is 5. The number of aromatic nitrogens is 3. The third-order valence-corrected chi connectivity index (χ3v) is 3.98. The molecule has 0 bridgehead atoms. The van der Waals surface area contributed by atoms with Crippen LogP contribution in [0.4, 0.5) is 18.9 Å². The fourth-order valence-corrected chi connectivity index (χ4v) is 2.90. The molecule has 0 aliphatic carbocycles. The summed E-state index contributed by atoms with van der Waals surface area (Å²) in [5, 5.41) is 13.1. The van der Waals surface area contributed by atoms with Crippen LogP contribution in [-0.2, 0) is 6.18 Å².